The van der Waals surface area contributed by atoms with Crippen LogP contribution in [0.1, 0.15) is 19.0 Å². The summed E-state index contributed by atoms with van der Waals surface area (Å²) in [6.45, 7) is 2.58. The Kier molecular flexibility index (Phi) is 4.17. The number of benzene rings is 1. The van der Waals surface area contributed by atoms with Gasteiger partial charge in [0.15, 0.2) is 0 Å². The monoisotopic (exact) mass is 378 g/mol. The zero-order valence-electron chi connectivity index (χ0n) is 9.48. The Morgan fingerprint density at radius 3 is 2.61 bits per heavy atom. The molecule has 0 aliphatic heterocycles. The molecule has 1 aromatic heterocycles. The second-order valence-corrected chi connectivity index (χ2v) is 5.48. The maximum absolute atomic E-state index is 12.8. The molecule has 0 amide bonds. The van der Waals surface area contributed by atoms with Crippen LogP contribution >= 0.6 is 31.9 Å². The second-order valence-electron chi connectivity index (χ2n) is 3.71. The van der Waals surface area contributed by atoms with Crippen LogP contribution in [0.2, 0.25) is 0 Å². The quantitative estimate of drug-likeness (QED) is 0.799. The lowest BCUT2D eigenvalue weighted by Gasteiger charge is -2.12. The first kappa shape index (κ1) is 13.7. The number of nitrogens with zero attached hydrogens (tertiary/aromatic N) is 1. The zero-order chi connectivity index (χ0) is 13.3. The molecule has 0 unspecified atom stereocenters. The van der Waals surface area contributed by atoms with E-state index in [1.807, 2.05) is 13.0 Å². The van der Waals surface area contributed by atoms with Gasteiger partial charge in [-0.2, -0.15) is 0 Å². The smallest absolute Gasteiger partial charge is 0.280 e. The summed E-state index contributed by atoms with van der Waals surface area (Å²) >= 11 is 6.73. The summed E-state index contributed by atoms with van der Waals surface area (Å²) < 4.78 is 27.2. The van der Waals surface area contributed by atoms with Crippen LogP contribution in [0.15, 0.2) is 27.1 Å². The van der Waals surface area contributed by atoms with E-state index >= 15 is 0 Å². The SMILES string of the molecule is CCNc1cc(C(F)F)nc2c(Br)cc(Br)cc12. The third-order valence-electron chi connectivity index (χ3n) is 2.44. The average Bonchev–Trinajstić information content (AvgIpc) is 2.29. The van der Waals surface area contributed by atoms with Crippen molar-refractivity contribution in [1.29, 1.82) is 0 Å². The molecule has 0 saturated heterocycles. The molecule has 1 N–H and O–H groups in total. The van der Waals surface area contributed by atoms with Gasteiger partial charge in [0.05, 0.1) is 5.52 Å². The Morgan fingerprint density at radius 1 is 1.28 bits per heavy atom. The predicted octanol–water partition coefficient (Wildman–Crippen LogP) is 5.13. The van der Waals surface area contributed by atoms with Crippen molar-refractivity contribution in [3.05, 3.63) is 32.8 Å². The van der Waals surface area contributed by atoms with E-state index in [2.05, 4.69) is 42.2 Å². The van der Waals surface area contributed by atoms with E-state index < -0.39 is 6.43 Å². The molecule has 0 bridgehead atoms. The van der Waals surface area contributed by atoms with Crippen molar-refractivity contribution in [2.75, 3.05) is 11.9 Å². The van der Waals surface area contributed by atoms with Gasteiger partial charge >= 0.3 is 0 Å². The molecule has 0 saturated carbocycles. The number of aromatic nitrogens is 1. The maximum Gasteiger partial charge on any atom is 0.280 e. The fourth-order valence-electron chi connectivity index (χ4n) is 1.72. The molecule has 0 atom stereocenters. The molecule has 0 spiro atoms. The summed E-state index contributed by atoms with van der Waals surface area (Å²) in [6.07, 6.45) is -2.58. The number of hydrogen-bond donors (Lipinski definition) is 1. The van der Waals surface area contributed by atoms with Crippen molar-refractivity contribution in [2.24, 2.45) is 0 Å². The van der Waals surface area contributed by atoms with Gasteiger partial charge in [-0.25, -0.2) is 13.8 Å². The number of anilines is 1. The fraction of sp³-hybridized carbons (Fsp3) is 0.250. The van der Waals surface area contributed by atoms with E-state index in [-0.39, 0.29) is 5.69 Å². The Balaban J connectivity index is 2.76. The number of pyridine rings is 1. The molecule has 0 fully saturated rings. The molecule has 6 heteroatoms. The highest BCUT2D eigenvalue weighted by molar-refractivity contribution is 9.11. The Hall–Kier alpha value is -0.750. The average molecular weight is 380 g/mol. The highest BCUT2D eigenvalue weighted by Gasteiger charge is 2.15. The van der Waals surface area contributed by atoms with Crippen LogP contribution in [0.25, 0.3) is 10.9 Å². The van der Waals surface area contributed by atoms with Gasteiger partial charge in [-0.05, 0) is 41.1 Å². The Bertz CT molecular complexity index is 588. The molecular formula is C12H10Br2F2N2. The lowest BCUT2D eigenvalue weighted by Crippen LogP contribution is -2.01. The van der Waals surface area contributed by atoms with Gasteiger partial charge in [-0.1, -0.05) is 15.9 Å². The molecule has 2 aromatic rings. The minimum atomic E-state index is -2.58. The first-order valence-electron chi connectivity index (χ1n) is 5.34. The lowest BCUT2D eigenvalue weighted by atomic mass is 10.1. The van der Waals surface area contributed by atoms with E-state index in [4.69, 9.17) is 0 Å². The van der Waals surface area contributed by atoms with E-state index in [1.165, 1.54) is 6.07 Å². The molecule has 0 aliphatic rings. The molecule has 18 heavy (non-hydrogen) atoms. The van der Waals surface area contributed by atoms with Crippen LogP contribution in [0.5, 0.6) is 0 Å². The van der Waals surface area contributed by atoms with E-state index in [0.717, 1.165) is 9.86 Å². The highest BCUT2D eigenvalue weighted by Crippen LogP contribution is 2.34. The summed E-state index contributed by atoms with van der Waals surface area (Å²) in [5.41, 5.74) is 0.980. The van der Waals surface area contributed by atoms with Crippen LogP contribution in [0.4, 0.5) is 14.5 Å². The normalized spacial score (nSPS) is 11.2. The van der Waals surface area contributed by atoms with Crippen molar-refractivity contribution in [3.8, 4) is 0 Å². The van der Waals surface area contributed by atoms with Crippen LogP contribution in [0, 0.1) is 0 Å². The Morgan fingerprint density at radius 2 is 2.00 bits per heavy atom. The molecule has 1 heterocycles. The number of rotatable bonds is 3. The fourth-order valence-corrected chi connectivity index (χ4v) is 3.03. The lowest BCUT2D eigenvalue weighted by molar-refractivity contribution is 0.146. The molecule has 0 aliphatic carbocycles. The largest absolute Gasteiger partial charge is 0.385 e. The minimum Gasteiger partial charge on any atom is -0.385 e. The molecule has 1 aromatic carbocycles. The van der Waals surface area contributed by atoms with Crippen molar-refractivity contribution >= 4 is 48.5 Å². The number of alkyl halides is 2. The maximum atomic E-state index is 12.8. The molecule has 96 valence electrons. The molecule has 2 rings (SSSR count). The predicted molar refractivity (Wildman–Crippen MR) is 76.3 cm³/mol. The van der Waals surface area contributed by atoms with Gasteiger partial charge in [0.25, 0.3) is 6.43 Å². The van der Waals surface area contributed by atoms with Gasteiger partial charge in [0.1, 0.15) is 5.69 Å². The summed E-state index contributed by atoms with van der Waals surface area (Å²) in [4.78, 5) is 4.00. The number of hydrogen-bond acceptors (Lipinski definition) is 2. The van der Waals surface area contributed by atoms with Gasteiger partial charge in [-0.3, -0.25) is 0 Å². The van der Waals surface area contributed by atoms with Gasteiger partial charge < -0.3 is 5.32 Å². The van der Waals surface area contributed by atoms with Crippen LogP contribution in [0.3, 0.4) is 0 Å². The first-order valence-corrected chi connectivity index (χ1v) is 6.93. The summed E-state index contributed by atoms with van der Waals surface area (Å²) in [7, 11) is 0. The van der Waals surface area contributed by atoms with Gasteiger partial charge in [0.2, 0.25) is 0 Å². The number of halogens is 4. The summed E-state index contributed by atoms with van der Waals surface area (Å²) in [5.74, 6) is 0. The van der Waals surface area contributed by atoms with Crippen LogP contribution < -0.4 is 5.32 Å². The zero-order valence-corrected chi connectivity index (χ0v) is 12.6. The second kappa shape index (κ2) is 5.48. The first-order chi connectivity index (χ1) is 8.52. The third kappa shape index (κ3) is 2.64. The van der Waals surface area contributed by atoms with Gasteiger partial charge in [-0.15, -0.1) is 0 Å². The minimum absolute atomic E-state index is 0.221. The van der Waals surface area contributed by atoms with Crippen molar-refractivity contribution in [2.45, 2.75) is 13.3 Å². The van der Waals surface area contributed by atoms with Crippen LogP contribution in [-0.2, 0) is 0 Å². The molecule has 2 nitrogen and oxygen atoms in total. The van der Waals surface area contributed by atoms with Crippen molar-refractivity contribution < 1.29 is 8.78 Å². The Labute approximate surface area is 120 Å². The highest BCUT2D eigenvalue weighted by atomic mass is 79.9. The standard InChI is InChI=1S/C12H10Br2F2N2/c1-2-17-9-5-10(12(15)16)18-11-7(9)3-6(13)4-8(11)14/h3-5,12H,2H2,1H3,(H,17,18). The summed E-state index contributed by atoms with van der Waals surface area (Å²) in [6, 6.07) is 5.05. The van der Waals surface area contributed by atoms with Crippen molar-refractivity contribution in [3.63, 3.8) is 0 Å². The number of fused-ring (bicyclic) bond motifs is 1. The van der Waals surface area contributed by atoms with E-state index in [1.54, 1.807) is 6.07 Å². The molecule has 0 radical (unpaired) electrons. The summed E-state index contributed by atoms with van der Waals surface area (Å²) in [5, 5.41) is 3.89. The topological polar surface area (TPSA) is 24.9 Å². The molecular weight excluding hydrogens is 370 g/mol. The van der Waals surface area contributed by atoms with E-state index in [0.29, 0.717) is 22.2 Å². The van der Waals surface area contributed by atoms with Crippen LogP contribution in [-0.4, -0.2) is 11.5 Å². The van der Waals surface area contributed by atoms with Crippen molar-refractivity contribution in [1.82, 2.24) is 4.98 Å². The number of nitrogens with one attached hydrogen (secondary N) is 1. The van der Waals surface area contributed by atoms with Gasteiger partial charge in [0, 0.05) is 26.6 Å². The third-order valence-corrected chi connectivity index (χ3v) is 3.50. The van der Waals surface area contributed by atoms with E-state index in [9.17, 15) is 8.78 Å².